The van der Waals surface area contributed by atoms with Crippen molar-refractivity contribution >= 4 is 26.7 Å². The summed E-state index contributed by atoms with van der Waals surface area (Å²) in [6.07, 6.45) is 0. The fourth-order valence-corrected chi connectivity index (χ4v) is 0. The van der Waals surface area contributed by atoms with E-state index in [0.29, 0.717) is 0 Å². The molecule has 21 nitrogen and oxygen atoms in total. The van der Waals surface area contributed by atoms with Gasteiger partial charge in [0.15, 0.2) is 0 Å². The minimum atomic E-state index is -5.75. The summed E-state index contributed by atoms with van der Waals surface area (Å²) in [5.41, 5.74) is 3.25. The van der Waals surface area contributed by atoms with Crippen LogP contribution >= 0.6 is 0 Å². The first-order valence-electron chi connectivity index (χ1n) is 2.04. The molecule has 0 aromatic heterocycles. The van der Waals surface area contributed by atoms with E-state index < -0.39 is 26.7 Å². The monoisotopic (exact) mass is 588 g/mol. The number of rotatable bonds is 0. The molecular formula is CH30CrNO20Se2. The second-order valence-electron chi connectivity index (χ2n) is 0.816. The predicted octanol–water partition coefficient (Wildman–Crippen LogP) is -17.0. The van der Waals surface area contributed by atoms with Crippen LogP contribution in [0.2, 0.25) is 0 Å². The SMILES string of the molecule is C[NH3+].O.O.O.O.O.O.O.O.O.O.O.O.O=[Se](=O)([O-])[O-].O=[Se](=O)([O-])[O-].[Cr+3]. The molecule has 0 fully saturated rings. The second kappa shape index (κ2) is 87.9. The fraction of sp³-hybridized carbons (Fsp3) is 1.00. The molecule has 0 aliphatic rings. The van der Waals surface area contributed by atoms with Crippen molar-refractivity contribution in [2.45, 2.75) is 0 Å². The van der Waals surface area contributed by atoms with Crippen molar-refractivity contribution in [3.8, 4) is 0 Å². The van der Waals surface area contributed by atoms with Gasteiger partial charge >= 0.3 is 76.2 Å². The Labute approximate surface area is 155 Å². The van der Waals surface area contributed by atoms with Crippen LogP contribution in [0.15, 0.2) is 0 Å². The van der Waals surface area contributed by atoms with Crippen LogP contribution < -0.4 is 22.5 Å². The van der Waals surface area contributed by atoms with E-state index in [1.807, 2.05) is 0 Å². The van der Waals surface area contributed by atoms with Gasteiger partial charge < -0.3 is 71.4 Å². The zero-order valence-electron chi connectivity index (χ0n) is 12.2. The maximum atomic E-state index is 8.59. The summed E-state index contributed by atoms with van der Waals surface area (Å²) in [5, 5.41) is 0. The Balaban J connectivity index is -0.00000000285. The summed E-state index contributed by atoms with van der Waals surface area (Å²) in [6, 6.07) is 0. The average Bonchev–Trinajstić information content (AvgIpc) is 1.59. The molecule has 0 saturated carbocycles. The zero-order chi connectivity index (χ0) is 11.0. The van der Waals surface area contributed by atoms with E-state index in [9.17, 15) is 0 Å². The molecule has 0 rings (SSSR count). The summed E-state index contributed by atoms with van der Waals surface area (Å²) >= 11 is -11.5. The third-order valence-electron chi connectivity index (χ3n) is 0. The zero-order valence-corrected chi connectivity index (χ0v) is 16.9. The molecule has 0 aromatic rings. The van der Waals surface area contributed by atoms with E-state index >= 15 is 0 Å². The van der Waals surface area contributed by atoms with Gasteiger partial charge in [0.1, 0.15) is 0 Å². The van der Waals surface area contributed by atoms with Gasteiger partial charge in [0.25, 0.3) is 0 Å². The third kappa shape index (κ3) is 1410000. The van der Waals surface area contributed by atoms with Gasteiger partial charge in [-0.1, -0.05) is 0 Å². The summed E-state index contributed by atoms with van der Waals surface area (Å²) < 4.78 is 68.8. The summed E-state index contributed by atoms with van der Waals surface area (Å²) in [4.78, 5) is 0. The van der Waals surface area contributed by atoms with Crippen LogP contribution in [0.1, 0.15) is 0 Å². The van der Waals surface area contributed by atoms with Crippen molar-refractivity contribution in [1.82, 2.24) is 0 Å². The van der Waals surface area contributed by atoms with Crippen molar-refractivity contribution in [2.24, 2.45) is 0 Å². The molecule has 0 atom stereocenters. The van der Waals surface area contributed by atoms with Gasteiger partial charge in [0.2, 0.25) is 0 Å². The quantitative estimate of drug-likeness (QED) is 0.265. The van der Waals surface area contributed by atoms with Gasteiger partial charge in [-0.3, -0.25) is 0 Å². The molecule has 0 heterocycles. The fourth-order valence-electron chi connectivity index (χ4n) is 0. The van der Waals surface area contributed by atoms with Gasteiger partial charge in [0.05, 0.1) is 7.05 Å². The molecule has 1 radical (unpaired) electrons. The molecular weight excluding hydrogens is 556 g/mol. The van der Waals surface area contributed by atoms with Crippen molar-refractivity contribution in [2.75, 3.05) is 7.05 Å². The largest absolute Gasteiger partial charge is 3.00 e. The molecule has 0 aromatic carbocycles. The molecule has 0 spiro atoms. The average molecular weight is 586 g/mol. The maximum absolute atomic E-state index is 8.59. The van der Waals surface area contributed by atoms with Gasteiger partial charge in [0, 0.05) is 0 Å². The van der Waals surface area contributed by atoms with Crippen molar-refractivity contribution < 1.29 is 121 Å². The van der Waals surface area contributed by atoms with Gasteiger partial charge in [-0.05, 0) is 0 Å². The van der Waals surface area contributed by atoms with E-state index in [4.69, 9.17) is 32.1 Å². The first kappa shape index (κ1) is 176. The van der Waals surface area contributed by atoms with Gasteiger partial charge in [-0.2, -0.15) is 0 Å². The molecule has 0 bridgehead atoms. The molecule has 0 aliphatic heterocycles. The van der Waals surface area contributed by atoms with E-state index in [0.717, 1.165) is 0 Å². The topological polar surface area (TPSA) is 566 Å². The predicted molar refractivity (Wildman–Crippen MR) is 66.4 cm³/mol. The number of hydrogen-bond acceptors (Lipinski definition) is 8. The maximum Gasteiger partial charge on any atom is 3.00 e. The molecule has 0 aliphatic carbocycles. The Morgan fingerprint density at radius 2 is 0.440 bits per heavy atom. The van der Waals surface area contributed by atoms with Crippen LogP contribution in [0.4, 0.5) is 0 Å². The molecule has 177 valence electrons. The van der Waals surface area contributed by atoms with Gasteiger partial charge in [-0.25, -0.2) is 0 Å². The van der Waals surface area contributed by atoms with E-state index in [1.54, 1.807) is 7.05 Å². The molecule has 0 saturated heterocycles. The Kier molecular flexibility index (Phi) is 619. The molecule has 25 heavy (non-hydrogen) atoms. The van der Waals surface area contributed by atoms with Crippen LogP contribution in [-0.4, -0.2) is 99.5 Å². The molecule has 0 unspecified atom stereocenters. The molecule has 27 N–H and O–H groups in total. The van der Waals surface area contributed by atoms with E-state index in [2.05, 4.69) is 5.73 Å². The van der Waals surface area contributed by atoms with Crippen LogP contribution in [0.3, 0.4) is 0 Å². The van der Waals surface area contributed by atoms with Crippen LogP contribution in [-0.2, 0) is 32.7 Å². The number of hydrogen-bond donors (Lipinski definition) is 1. The smallest absolute Gasteiger partial charge is 3.00 e. The number of quaternary nitrogens is 1. The van der Waals surface area contributed by atoms with Crippen molar-refractivity contribution in [3.05, 3.63) is 0 Å². The van der Waals surface area contributed by atoms with E-state index in [1.165, 1.54) is 0 Å². The Bertz CT molecular complexity index is 224. The molecule has 24 heteroatoms. The van der Waals surface area contributed by atoms with Crippen LogP contribution in [0.5, 0.6) is 0 Å². The third-order valence-corrected chi connectivity index (χ3v) is 0. The summed E-state index contributed by atoms with van der Waals surface area (Å²) in [6.45, 7) is 0. The normalized spacial score (nSPS) is 4.88. The van der Waals surface area contributed by atoms with Crippen molar-refractivity contribution in [1.29, 1.82) is 0 Å². The first-order valence-corrected chi connectivity index (χ1v) is 7.64. The Morgan fingerprint density at radius 3 is 0.440 bits per heavy atom. The summed E-state index contributed by atoms with van der Waals surface area (Å²) in [5.74, 6) is 0. The molecule has 0 amide bonds. The van der Waals surface area contributed by atoms with Gasteiger partial charge in [-0.15, -0.1) is 0 Å². The van der Waals surface area contributed by atoms with E-state index in [-0.39, 0.29) is 83.1 Å². The van der Waals surface area contributed by atoms with Crippen LogP contribution in [0, 0.1) is 0 Å². The second-order valence-corrected chi connectivity index (χ2v) is 4.24. The standard InChI is InChI=1S/CH5N.Cr.2H2O4Se.12H2O/c1-2;;2*1-5(2,3)4;;;;;;;;;;;;/h2H2,1H3;;2*(H2,1,2,3,4);12*1H2/q;+3;;;;;;;;;;;;;;/p-3. The van der Waals surface area contributed by atoms with Crippen LogP contribution in [0.25, 0.3) is 0 Å². The summed E-state index contributed by atoms with van der Waals surface area (Å²) in [7, 11) is 1.75. The Hall–Kier alpha value is 0.0914. The minimum absolute atomic E-state index is 0. The minimum Gasteiger partial charge on any atom is 3.00 e. The first-order chi connectivity index (χ1) is 5.00. The van der Waals surface area contributed by atoms with Crippen molar-refractivity contribution in [3.63, 3.8) is 0 Å². The Morgan fingerprint density at radius 1 is 0.440 bits per heavy atom.